The SMILES string of the molecule is C=CCN(CCO)C(=O)c1ccc(O)cc1O. The number of aliphatic hydroxyl groups is 1. The van der Waals surface area contributed by atoms with E-state index in [1.807, 2.05) is 0 Å². The number of benzene rings is 1. The van der Waals surface area contributed by atoms with Crippen LogP contribution < -0.4 is 0 Å². The number of phenols is 2. The normalized spacial score (nSPS) is 9.94. The van der Waals surface area contributed by atoms with Crippen molar-refractivity contribution in [3.63, 3.8) is 0 Å². The number of hydrogen-bond acceptors (Lipinski definition) is 4. The molecular weight excluding hydrogens is 222 g/mol. The Balaban J connectivity index is 2.96. The Kier molecular flexibility index (Phi) is 4.54. The minimum Gasteiger partial charge on any atom is -0.508 e. The first kappa shape index (κ1) is 13.1. The summed E-state index contributed by atoms with van der Waals surface area (Å²) in [6.45, 7) is 3.78. The summed E-state index contributed by atoms with van der Waals surface area (Å²) in [6, 6.07) is 3.75. The minimum absolute atomic E-state index is 0.0816. The average Bonchev–Trinajstić information content (AvgIpc) is 2.28. The Morgan fingerprint density at radius 2 is 2.12 bits per heavy atom. The maximum atomic E-state index is 12.0. The second-order valence-corrected chi connectivity index (χ2v) is 3.46. The largest absolute Gasteiger partial charge is 0.508 e. The zero-order chi connectivity index (χ0) is 12.8. The second kappa shape index (κ2) is 5.91. The van der Waals surface area contributed by atoms with E-state index in [1.165, 1.54) is 23.1 Å². The highest BCUT2D eigenvalue weighted by molar-refractivity contribution is 5.97. The highest BCUT2D eigenvalue weighted by atomic mass is 16.3. The first-order valence-corrected chi connectivity index (χ1v) is 5.13. The van der Waals surface area contributed by atoms with Crippen LogP contribution in [0.5, 0.6) is 11.5 Å². The van der Waals surface area contributed by atoms with Gasteiger partial charge >= 0.3 is 0 Å². The van der Waals surface area contributed by atoms with Crippen LogP contribution >= 0.6 is 0 Å². The summed E-state index contributed by atoms with van der Waals surface area (Å²) >= 11 is 0. The molecule has 92 valence electrons. The molecule has 0 atom stereocenters. The van der Waals surface area contributed by atoms with Gasteiger partial charge in [0.05, 0.1) is 12.2 Å². The number of carbonyl (C=O) groups excluding carboxylic acids is 1. The average molecular weight is 237 g/mol. The monoisotopic (exact) mass is 237 g/mol. The van der Waals surface area contributed by atoms with E-state index in [-0.39, 0.29) is 36.8 Å². The Bertz CT molecular complexity index is 417. The van der Waals surface area contributed by atoms with E-state index in [0.717, 1.165) is 6.07 Å². The maximum absolute atomic E-state index is 12.0. The van der Waals surface area contributed by atoms with Crippen LogP contribution in [-0.4, -0.2) is 45.8 Å². The summed E-state index contributed by atoms with van der Waals surface area (Å²) in [5.41, 5.74) is 0.0816. The zero-order valence-corrected chi connectivity index (χ0v) is 9.33. The van der Waals surface area contributed by atoms with Crippen LogP contribution in [0.4, 0.5) is 0 Å². The van der Waals surface area contributed by atoms with Gasteiger partial charge in [-0.1, -0.05) is 6.08 Å². The fourth-order valence-electron chi connectivity index (χ4n) is 1.42. The highest BCUT2D eigenvalue weighted by Crippen LogP contribution is 2.23. The van der Waals surface area contributed by atoms with Gasteiger partial charge in [-0.05, 0) is 12.1 Å². The number of aromatic hydroxyl groups is 2. The zero-order valence-electron chi connectivity index (χ0n) is 9.33. The van der Waals surface area contributed by atoms with Gasteiger partial charge in [0.25, 0.3) is 5.91 Å². The molecule has 0 fully saturated rings. The van der Waals surface area contributed by atoms with Gasteiger partial charge in [0.1, 0.15) is 11.5 Å². The molecule has 0 saturated carbocycles. The lowest BCUT2D eigenvalue weighted by Crippen LogP contribution is -2.33. The molecule has 1 aromatic carbocycles. The number of hydrogen-bond donors (Lipinski definition) is 3. The van der Waals surface area contributed by atoms with E-state index in [9.17, 15) is 9.90 Å². The van der Waals surface area contributed by atoms with Crippen molar-refractivity contribution < 1.29 is 20.1 Å². The lowest BCUT2D eigenvalue weighted by Gasteiger charge is -2.20. The summed E-state index contributed by atoms with van der Waals surface area (Å²) in [4.78, 5) is 13.3. The third kappa shape index (κ3) is 3.22. The van der Waals surface area contributed by atoms with Crippen molar-refractivity contribution in [3.8, 4) is 11.5 Å². The van der Waals surface area contributed by atoms with E-state index in [1.54, 1.807) is 0 Å². The van der Waals surface area contributed by atoms with Gasteiger partial charge in [-0.25, -0.2) is 0 Å². The van der Waals surface area contributed by atoms with Crippen molar-refractivity contribution in [1.82, 2.24) is 4.90 Å². The van der Waals surface area contributed by atoms with Gasteiger partial charge in [0, 0.05) is 19.2 Å². The molecule has 1 amide bonds. The highest BCUT2D eigenvalue weighted by Gasteiger charge is 2.17. The summed E-state index contributed by atoms with van der Waals surface area (Å²) < 4.78 is 0. The molecule has 1 aromatic rings. The van der Waals surface area contributed by atoms with Gasteiger partial charge in [-0.2, -0.15) is 0 Å². The topological polar surface area (TPSA) is 81.0 Å². The molecular formula is C12H15NO4. The first-order valence-electron chi connectivity index (χ1n) is 5.13. The van der Waals surface area contributed by atoms with E-state index < -0.39 is 5.91 Å². The molecule has 0 aliphatic carbocycles. The van der Waals surface area contributed by atoms with Crippen LogP contribution in [0.15, 0.2) is 30.9 Å². The molecule has 0 spiro atoms. The van der Waals surface area contributed by atoms with Crippen LogP contribution in [-0.2, 0) is 0 Å². The lowest BCUT2D eigenvalue weighted by molar-refractivity contribution is 0.0740. The van der Waals surface area contributed by atoms with E-state index in [2.05, 4.69) is 6.58 Å². The molecule has 0 unspecified atom stereocenters. The second-order valence-electron chi connectivity index (χ2n) is 3.46. The van der Waals surface area contributed by atoms with Crippen molar-refractivity contribution in [3.05, 3.63) is 36.4 Å². The van der Waals surface area contributed by atoms with E-state index in [0.29, 0.717) is 0 Å². The Hall–Kier alpha value is -2.01. The third-order valence-electron chi connectivity index (χ3n) is 2.22. The fraction of sp³-hybridized carbons (Fsp3) is 0.250. The summed E-state index contributed by atoms with van der Waals surface area (Å²) in [7, 11) is 0. The van der Waals surface area contributed by atoms with Crippen molar-refractivity contribution in [2.45, 2.75) is 0 Å². The molecule has 0 radical (unpaired) electrons. The molecule has 0 heterocycles. The number of carbonyl (C=O) groups is 1. The maximum Gasteiger partial charge on any atom is 0.257 e. The molecule has 0 aliphatic rings. The predicted molar refractivity (Wildman–Crippen MR) is 63.0 cm³/mol. The van der Waals surface area contributed by atoms with Gasteiger partial charge in [0.2, 0.25) is 0 Å². The molecule has 1 rings (SSSR count). The number of phenolic OH excluding ortho intramolecular Hbond substituents is 2. The van der Waals surface area contributed by atoms with Crippen LogP contribution in [0.3, 0.4) is 0 Å². The standard InChI is InChI=1S/C12H15NO4/c1-2-5-13(6-7-14)12(17)10-4-3-9(15)8-11(10)16/h2-4,8,14-16H,1,5-7H2. The third-order valence-corrected chi connectivity index (χ3v) is 2.22. The molecule has 0 saturated heterocycles. The minimum atomic E-state index is -0.420. The smallest absolute Gasteiger partial charge is 0.257 e. The molecule has 0 bridgehead atoms. The van der Waals surface area contributed by atoms with Crippen molar-refractivity contribution in [1.29, 1.82) is 0 Å². The van der Waals surface area contributed by atoms with Gasteiger partial charge in [0.15, 0.2) is 0 Å². The molecule has 5 nitrogen and oxygen atoms in total. The number of rotatable bonds is 5. The fourth-order valence-corrected chi connectivity index (χ4v) is 1.42. The van der Waals surface area contributed by atoms with Crippen LogP contribution in [0.1, 0.15) is 10.4 Å². The van der Waals surface area contributed by atoms with Gasteiger partial charge < -0.3 is 20.2 Å². The molecule has 0 aromatic heterocycles. The van der Waals surface area contributed by atoms with Crippen LogP contribution in [0.2, 0.25) is 0 Å². The van der Waals surface area contributed by atoms with Crippen molar-refractivity contribution in [2.24, 2.45) is 0 Å². The molecule has 0 aliphatic heterocycles. The summed E-state index contributed by atoms with van der Waals surface area (Å²) in [5.74, 6) is -0.824. The predicted octanol–water partition coefficient (Wildman–Crippen LogP) is 0.718. The molecule has 5 heteroatoms. The number of amides is 1. The Labute approximate surface area is 99.2 Å². The van der Waals surface area contributed by atoms with Gasteiger partial charge in [-0.15, -0.1) is 6.58 Å². The summed E-state index contributed by atoms with van der Waals surface area (Å²) in [6.07, 6.45) is 1.53. The van der Waals surface area contributed by atoms with Crippen LogP contribution in [0.25, 0.3) is 0 Å². The molecule has 3 N–H and O–H groups in total. The first-order chi connectivity index (χ1) is 8.10. The van der Waals surface area contributed by atoms with Crippen molar-refractivity contribution >= 4 is 5.91 Å². The quantitative estimate of drug-likeness (QED) is 0.659. The lowest BCUT2D eigenvalue weighted by atomic mass is 10.1. The van der Waals surface area contributed by atoms with Crippen molar-refractivity contribution in [2.75, 3.05) is 19.7 Å². The van der Waals surface area contributed by atoms with E-state index >= 15 is 0 Å². The Morgan fingerprint density at radius 1 is 1.41 bits per heavy atom. The molecule has 17 heavy (non-hydrogen) atoms. The van der Waals surface area contributed by atoms with E-state index in [4.69, 9.17) is 10.2 Å². The Morgan fingerprint density at radius 3 is 2.65 bits per heavy atom. The summed E-state index contributed by atoms with van der Waals surface area (Å²) in [5, 5.41) is 27.5. The number of aliphatic hydroxyl groups excluding tert-OH is 1. The van der Waals surface area contributed by atoms with Gasteiger partial charge in [-0.3, -0.25) is 4.79 Å². The number of nitrogens with zero attached hydrogens (tertiary/aromatic N) is 1. The van der Waals surface area contributed by atoms with Crippen LogP contribution in [0, 0.1) is 0 Å².